The molecule has 0 bridgehead atoms. The molecule has 13 nitrogen and oxygen atoms in total. The van der Waals surface area contributed by atoms with Gasteiger partial charge in [0.2, 0.25) is 0 Å². The molecule has 2 N–H and O–H groups in total. The highest BCUT2D eigenvalue weighted by Crippen LogP contribution is 2.30. The highest BCUT2D eigenvalue weighted by molar-refractivity contribution is 5.98. The van der Waals surface area contributed by atoms with Crippen molar-refractivity contribution in [1.82, 2.24) is 10.3 Å². The topological polar surface area (TPSA) is 177 Å². The lowest BCUT2D eigenvalue weighted by Crippen LogP contribution is -2.46. The Hall–Kier alpha value is -4.89. The molecule has 0 saturated carbocycles. The van der Waals surface area contributed by atoms with Crippen LogP contribution in [-0.4, -0.2) is 78.4 Å². The number of halogens is 3. The molecule has 1 aliphatic rings. The lowest BCUT2D eigenvalue weighted by atomic mass is 9.94. The number of nitrogens with one attached hydrogen (secondary N) is 1. The minimum atomic E-state index is -4.60. The van der Waals surface area contributed by atoms with E-state index in [-0.39, 0.29) is 17.7 Å². The van der Waals surface area contributed by atoms with Gasteiger partial charge in [0.25, 0.3) is 5.91 Å². The van der Waals surface area contributed by atoms with E-state index in [2.05, 4.69) is 10.3 Å². The van der Waals surface area contributed by atoms with Crippen LogP contribution in [-0.2, 0) is 39.5 Å². The number of rotatable bonds is 9. The van der Waals surface area contributed by atoms with Gasteiger partial charge < -0.3 is 34.1 Å². The summed E-state index contributed by atoms with van der Waals surface area (Å²) in [5.74, 6) is -7.46. The average Bonchev–Trinajstić information content (AvgIpc) is 3.02. The summed E-state index contributed by atoms with van der Waals surface area (Å²) >= 11 is 0. The number of carbonyl (C=O) groups is 5. The van der Waals surface area contributed by atoms with Gasteiger partial charge in [-0.15, -0.1) is 0 Å². The summed E-state index contributed by atoms with van der Waals surface area (Å²) < 4.78 is 64.8. The van der Waals surface area contributed by atoms with Crippen LogP contribution in [0.5, 0.6) is 11.5 Å². The first-order chi connectivity index (χ1) is 21.1. The van der Waals surface area contributed by atoms with Gasteiger partial charge in [-0.25, -0.2) is 14.6 Å². The minimum Gasteiger partial charge on any atom is -0.503 e. The summed E-state index contributed by atoms with van der Waals surface area (Å²) in [5.41, 5.74) is -1.63. The lowest BCUT2D eigenvalue weighted by molar-refractivity contribution is -0.177. The number of pyridine rings is 1. The number of alkyl halides is 3. The SMILES string of the molecule is COc1ccnc(C(=O)N[C@H]2COC(=O)[C@H](CCOC(=O)c3ccc(C(F)(F)F)cc3)[C@@H](OC(=O)C(C)C)[C@H](C)OC2=O)c1O. The smallest absolute Gasteiger partial charge is 0.416 e. The van der Waals surface area contributed by atoms with E-state index in [0.717, 1.165) is 12.1 Å². The van der Waals surface area contributed by atoms with E-state index in [0.29, 0.717) is 12.1 Å². The van der Waals surface area contributed by atoms with E-state index in [1.165, 1.54) is 40.1 Å². The molecule has 0 aliphatic carbocycles. The average molecular weight is 641 g/mol. The first-order valence-electron chi connectivity index (χ1n) is 13.6. The number of amides is 1. The molecule has 244 valence electrons. The number of carbonyl (C=O) groups excluding carboxylic acids is 5. The van der Waals surface area contributed by atoms with Gasteiger partial charge in [0.1, 0.15) is 18.6 Å². The van der Waals surface area contributed by atoms with Crippen molar-refractivity contribution in [2.75, 3.05) is 20.3 Å². The van der Waals surface area contributed by atoms with Gasteiger partial charge in [-0.05, 0) is 37.6 Å². The van der Waals surface area contributed by atoms with Gasteiger partial charge in [0.05, 0.1) is 30.8 Å². The summed E-state index contributed by atoms with van der Waals surface area (Å²) in [6, 6.07) is 3.01. The maximum atomic E-state index is 13.2. The van der Waals surface area contributed by atoms with Crippen molar-refractivity contribution in [3.63, 3.8) is 0 Å². The molecule has 3 rings (SSSR count). The van der Waals surface area contributed by atoms with E-state index < -0.39 is 96.3 Å². The number of hydrogen-bond acceptors (Lipinski definition) is 12. The third kappa shape index (κ3) is 8.83. The van der Waals surface area contributed by atoms with Crippen LogP contribution in [0.1, 0.15) is 53.6 Å². The number of aromatic hydroxyl groups is 1. The Balaban J connectivity index is 1.78. The largest absolute Gasteiger partial charge is 0.503 e. The normalized spacial score (nSPS) is 20.5. The number of hydrogen-bond donors (Lipinski definition) is 2. The Morgan fingerprint density at radius 1 is 1.11 bits per heavy atom. The first kappa shape index (κ1) is 34.6. The zero-order valence-corrected chi connectivity index (χ0v) is 24.6. The van der Waals surface area contributed by atoms with Gasteiger partial charge in [-0.3, -0.25) is 14.4 Å². The highest BCUT2D eigenvalue weighted by Gasteiger charge is 2.42. The monoisotopic (exact) mass is 640 g/mol. The fraction of sp³-hybridized carbons (Fsp3) is 0.448. The van der Waals surface area contributed by atoms with E-state index >= 15 is 0 Å². The number of benzene rings is 1. The predicted molar refractivity (Wildman–Crippen MR) is 145 cm³/mol. The zero-order valence-electron chi connectivity index (χ0n) is 24.6. The Kier molecular flexibility index (Phi) is 11.3. The van der Waals surface area contributed by atoms with Crippen LogP contribution in [0.4, 0.5) is 13.2 Å². The van der Waals surface area contributed by atoms with Crippen LogP contribution in [0.25, 0.3) is 0 Å². The van der Waals surface area contributed by atoms with Gasteiger partial charge in [-0.2, -0.15) is 13.2 Å². The molecule has 16 heteroatoms. The molecule has 2 aromatic rings. The van der Waals surface area contributed by atoms with Crippen molar-refractivity contribution >= 4 is 29.8 Å². The van der Waals surface area contributed by atoms with Crippen LogP contribution >= 0.6 is 0 Å². The number of cyclic esters (lactones) is 2. The second-order valence-corrected chi connectivity index (χ2v) is 10.2. The Labute approximate surface area is 254 Å². The minimum absolute atomic E-state index is 0.0658. The van der Waals surface area contributed by atoms with Crippen molar-refractivity contribution in [2.24, 2.45) is 11.8 Å². The van der Waals surface area contributed by atoms with Crippen molar-refractivity contribution < 1.29 is 65.9 Å². The maximum absolute atomic E-state index is 13.2. The highest BCUT2D eigenvalue weighted by atomic mass is 19.4. The van der Waals surface area contributed by atoms with Crippen LogP contribution in [0.3, 0.4) is 0 Å². The molecular weight excluding hydrogens is 609 g/mol. The zero-order chi connectivity index (χ0) is 33.5. The predicted octanol–water partition coefficient (Wildman–Crippen LogP) is 2.83. The molecule has 1 aromatic heterocycles. The molecule has 0 radical (unpaired) electrons. The molecule has 2 heterocycles. The first-order valence-corrected chi connectivity index (χ1v) is 13.6. The number of methoxy groups -OCH3 is 1. The molecule has 4 atom stereocenters. The molecular formula is C29H31F3N2O11. The van der Waals surface area contributed by atoms with Crippen LogP contribution in [0.2, 0.25) is 0 Å². The summed E-state index contributed by atoms with van der Waals surface area (Å²) in [4.78, 5) is 67.8. The molecule has 1 fully saturated rings. The Bertz CT molecular complexity index is 1410. The summed E-state index contributed by atoms with van der Waals surface area (Å²) in [7, 11) is 1.25. The fourth-order valence-corrected chi connectivity index (χ4v) is 4.12. The quantitative estimate of drug-likeness (QED) is 0.303. The van der Waals surface area contributed by atoms with E-state index in [1.54, 1.807) is 0 Å². The second-order valence-electron chi connectivity index (χ2n) is 10.2. The lowest BCUT2D eigenvalue weighted by Gasteiger charge is -2.29. The summed E-state index contributed by atoms with van der Waals surface area (Å²) in [6.45, 7) is 3.21. The standard InChI is InChI=1S/C29H31F3N2O11/c1-14(2)25(37)45-23-15(3)44-28(40)19(34-24(36)21-22(35)20(41-4)9-11-33-21)13-43-27(39)18(23)10-12-42-26(38)16-5-7-17(8-6-16)29(30,31)32/h5-9,11,14-15,18-19,23,35H,10,12-13H2,1-4H3,(H,34,36)/t15-,18+,19-,23-/m0/s1. The number of nitrogens with zero attached hydrogens (tertiary/aromatic N) is 1. The van der Waals surface area contributed by atoms with E-state index in [9.17, 15) is 42.3 Å². The summed E-state index contributed by atoms with van der Waals surface area (Å²) in [6.07, 6.45) is -6.41. The summed E-state index contributed by atoms with van der Waals surface area (Å²) in [5, 5.41) is 12.5. The number of esters is 4. The van der Waals surface area contributed by atoms with Gasteiger partial charge in [0, 0.05) is 12.3 Å². The van der Waals surface area contributed by atoms with Gasteiger partial charge >= 0.3 is 30.1 Å². The number of aromatic nitrogens is 1. The fourth-order valence-electron chi connectivity index (χ4n) is 4.12. The van der Waals surface area contributed by atoms with Gasteiger partial charge in [-0.1, -0.05) is 13.8 Å². The molecule has 1 aromatic carbocycles. The van der Waals surface area contributed by atoms with Crippen molar-refractivity contribution in [1.29, 1.82) is 0 Å². The van der Waals surface area contributed by atoms with Crippen LogP contribution in [0.15, 0.2) is 36.5 Å². The molecule has 0 unspecified atom stereocenters. The van der Waals surface area contributed by atoms with Crippen molar-refractivity contribution in [2.45, 2.75) is 51.6 Å². The molecule has 1 saturated heterocycles. The van der Waals surface area contributed by atoms with Crippen molar-refractivity contribution in [3.05, 3.63) is 53.3 Å². The molecule has 1 aliphatic heterocycles. The van der Waals surface area contributed by atoms with Crippen LogP contribution < -0.4 is 10.1 Å². The van der Waals surface area contributed by atoms with Crippen molar-refractivity contribution in [3.8, 4) is 11.5 Å². The Morgan fingerprint density at radius 2 is 1.78 bits per heavy atom. The molecule has 0 spiro atoms. The third-order valence-corrected chi connectivity index (χ3v) is 6.60. The van der Waals surface area contributed by atoms with E-state index in [1.807, 2.05) is 0 Å². The van der Waals surface area contributed by atoms with Crippen LogP contribution in [0, 0.1) is 11.8 Å². The second kappa shape index (κ2) is 14.7. The Morgan fingerprint density at radius 3 is 2.38 bits per heavy atom. The molecule has 1 amide bonds. The maximum Gasteiger partial charge on any atom is 0.416 e. The van der Waals surface area contributed by atoms with Gasteiger partial charge in [0.15, 0.2) is 29.3 Å². The van der Waals surface area contributed by atoms with E-state index in [4.69, 9.17) is 23.7 Å². The number of ether oxygens (including phenoxy) is 5. The molecule has 45 heavy (non-hydrogen) atoms. The third-order valence-electron chi connectivity index (χ3n) is 6.60.